The second-order valence-electron chi connectivity index (χ2n) is 4.26. The third kappa shape index (κ3) is 3.86. The third-order valence-electron chi connectivity index (χ3n) is 2.69. The van der Waals surface area contributed by atoms with E-state index in [1.807, 2.05) is 25.1 Å². The highest BCUT2D eigenvalue weighted by Crippen LogP contribution is 2.22. The molecule has 1 aromatic rings. The highest BCUT2D eigenvalue weighted by Gasteiger charge is 2.04. The Morgan fingerprint density at radius 2 is 2.06 bits per heavy atom. The van der Waals surface area contributed by atoms with Gasteiger partial charge in [0, 0.05) is 0 Å². The van der Waals surface area contributed by atoms with Gasteiger partial charge in [0.15, 0.2) is 0 Å². The van der Waals surface area contributed by atoms with Crippen LogP contribution < -0.4 is 4.74 Å². The maximum absolute atomic E-state index is 9.44. The lowest BCUT2D eigenvalue weighted by Gasteiger charge is -2.11. The fourth-order valence-electron chi connectivity index (χ4n) is 1.63. The molecule has 0 saturated carbocycles. The molecule has 0 aliphatic heterocycles. The molecule has 2 heteroatoms. The van der Waals surface area contributed by atoms with Crippen LogP contribution in [0.25, 0.3) is 0 Å². The first-order valence-electron chi connectivity index (χ1n) is 6.06. The maximum Gasteiger partial charge on any atom is 0.122 e. The summed E-state index contributed by atoms with van der Waals surface area (Å²) in [6, 6.07) is 5.86. The van der Waals surface area contributed by atoms with Crippen molar-refractivity contribution in [3.8, 4) is 5.75 Å². The van der Waals surface area contributed by atoms with Crippen molar-refractivity contribution in [3.63, 3.8) is 0 Å². The van der Waals surface area contributed by atoms with Crippen LogP contribution in [0.5, 0.6) is 5.75 Å². The number of hydrogen-bond donors (Lipinski definition) is 1. The van der Waals surface area contributed by atoms with Crippen LogP contribution in [-0.2, 0) is 0 Å². The Kier molecular flexibility index (Phi) is 5.33. The van der Waals surface area contributed by atoms with E-state index in [1.165, 1.54) is 12.8 Å². The van der Waals surface area contributed by atoms with E-state index in [4.69, 9.17) is 4.74 Å². The zero-order valence-corrected chi connectivity index (χ0v) is 10.5. The van der Waals surface area contributed by atoms with Crippen LogP contribution in [0.3, 0.4) is 0 Å². The van der Waals surface area contributed by atoms with Gasteiger partial charge in [0.2, 0.25) is 0 Å². The van der Waals surface area contributed by atoms with Gasteiger partial charge >= 0.3 is 0 Å². The van der Waals surface area contributed by atoms with Gasteiger partial charge in [-0.3, -0.25) is 0 Å². The van der Waals surface area contributed by atoms with Gasteiger partial charge in [-0.15, -0.1) is 0 Å². The smallest absolute Gasteiger partial charge is 0.122 e. The monoisotopic (exact) mass is 222 g/mol. The number of aliphatic hydroxyl groups excluding tert-OH is 1. The summed E-state index contributed by atoms with van der Waals surface area (Å²) in [5.74, 6) is 0.931. The van der Waals surface area contributed by atoms with E-state index in [1.54, 1.807) is 6.92 Å². The molecule has 0 aromatic heterocycles. The first-order valence-corrected chi connectivity index (χ1v) is 6.06. The maximum atomic E-state index is 9.44. The molecular weight excluding hydrogens is 200 g/mol. The predicted molar refractivity (Wildman–Crippen MR) is 66.8 cm³/mol. The molecule has 1 atom stereocenters. The minimum atomic E-state index is -0.409. The highest BCUT2D eigenvalue weighted by molar-refractivity contribution is 5.36. The Morgan fingerprint density at radius 1 is 1.31 bits per heavy atom. The van der Waals surface area contributed by atoms with Gasteiger partial charge < -0.3 is 9.84 Å². The van der Waals surface area contributed by atoms with Crippen molar-refractivity contribution in [3.05, 3.63) is 29.3 Å². The van der Waals surface area contributed by atoms with Gasteiger partial charge in [-0.2, -0.15) is 0 Å². The number of benzene rings is 1. The molecule has 0 unspecified atom stereocenters. The molecular formula is C14H22O2. The van der Waals surface area contributed by atoms with E-state index in [0.29, 0.717) is 0 Å². The number of rotatable bonds is 6. The molecule has 16 heavy (non-hydrogen) atoms. The van der Waals surface area contributed by atoms with Crippen molar-refractivity contribution in [1.82, 2.24) is 0 Å². The Balaban J connectivity index is 2.54. The minimum Gasteiger partial charge on any atom is -0.493 e. The molecule has 1 N–H and O–H groups in total. The number of aryl methyl sites for hydroxylation is 1. The molecule has 0 heterocycles. The lowest BCUT2D eigenvalue weighted by atomic mass is 10.1. The van der Waals surface area contributed by atoms with Crippen molar-refractivity contribution in [2.75, 3.05) is 6.61 Å². The van der Waals surface area contributed by atoms with E-state index in [9.17, 15) is 5.11 Å². The minimum absolute atomic E-state index is 0.409. The molecule has 90 valence electrons. The molecule has 0 radical (unpaired) electrons. The van der Waals surface area contributed by atoms with Gasteiger partial charge in [0.05, 0.1) is 12.7 Å². The molecule has 0 aliphatic rings. The van der Waals surface area contributed by atoms with E-state index in [-0.39, 0.29) is 0 Å². The fourth-order valence-corrected chi connectivity index (χ4v) is 1.63. The van der Waals surface area contributed by atoms with Gasteiger partial charge in [0.25, 0.3) is 0 Å². The largest absolute Gasteiger partial charge is 0.493 e. The summed E-state index contributed by atoms with van der Waals surface area (Å²) in [4.78, 5) is 0. The summed E-state index contributed by atoms with van der Waals surface area (Å²) >= 11 is 0. The molecule has 0 amide bonds. The number of aliphatic hydroxyl groups is 1. The molecule has 1 aromatic carbocycles. The normalized spacial score (nSPS) is 12.5. The summed E-state index contributed by atoms with van der Waals surface area (Å²) in [6.07, 6.45) is 3.12. The highest BCUT2D eigenvalue weighted by atomic mass is 16.5. The second-order valence-corrected chi connectivity index (χ2v) is 4.26. The van der Waals surface area contributed by atoms with Crippen LogP contribution in [0, 0.1) is 6.92 Å². The zero-order chi connectivity index (χ0) is 12.0. The van der Waals surface area contributed by atoms with Gasteiger partial charge in [-0.1, -0.05) is 25.8 Å². The van der Waals surface area contributed by atoms with E-state index >= 15 is 0 Å². The number of hydrogen-bond acceptors (Lipinski definition) is 2. The van der Waals surface area contributed by atoms with Gasteiger partial charge in [-0.25, -0.2) is 0 Å². The summed E-state index contributed by atoms with van der Waals surface area (Å²) in [7, 11) is 0. The topological polar surface area (TPSA) is 29.5 Å². The van der Waals surface area contributed by atoms with Crippen LogP contribution in [0.1, 0.15) is 50.3 Å². The molecule has 0 fully saturated rings. The van der Waals surface area contributed by atoms with Crippen LogP contribution in [0.4, 0.5) is 0 Å². The van der Waals surface area contributed by atoms with Crippen molar-refractivity contribution >= 4 is 0 Å². The summed E-state index contributed by atoms with van der Waals surface area (Å²) in [6.45, 7) is 6.75. The summed E-state index contributed by atoms with van der Waals surface area (Å²) < 4.78 is 5.69. The van der Waals surface area contributed by atoms with Gasteiger partial charge in [0.1, 0.15) is 5.75 Å². The molecule has 0 aliphatic carbocycles. The van der Waals surface area contributed by atoms with E-state index in [2.05, 4.69) is 6.92 Å². The molecule has 1 rings (SSSR count). The second kappa shape index (κ2) is 6.54. The Labute approximate surface area is 98.3 Å². The van der Waals surface area contributed by atoms with E-state index < -0.39 is 6.10 Å². The van der Waals surface area contributed by atoms with Crippen LogP contribution in [-0.4, -0.2) is 11.7 Å². The quantitative estimate of drug-likeness (QED) is 0.745. The standard InChI is InChI=1S/C14H22O2/c1-4-5-6-9-16-14-8-7-13(12(3)15)10-11(14)2/h7-8,10,12,15H,4-6,9H2,1-3H3/t12-/m0/s1. The first kappa shape index (κ1) is 13.0. The first-order chi connectivity index (χ1) is 7.65. The van der Waals surface area contributed by atoms with Crippen molar-refractivity contribution in [2.24, 2.45) is 0 Å². The van der Waals surface area contributed by atoms with E-state index in [0.717, 1.165) is 29.9 Å². The Bertz CT molecular complexity index is 319. The number of ether oxygens (including phenoxy) is 1. The average molecular weight is 222 g/mol. The van der Waals surface area contributed by atoms with Crippen molar-refractivity contribution < 1.29 is 9.84 Å². The van der Waals surface area contributed by atoms with Gasteiger partial charge in [-0.05, 0) is 43.5 Å². The summed E-state index contributed by atoms with van der Waals surface area (Å²) in [5.41, 5.74) is 2.04. The summed E-state index contributed by atoms with van der Waals surface area (Å²) in [5, 5.41) is 9.44. The van der Waals surface area contributed by atoms with Crippen molar-refractivity contribution in [2.45, 2.75) is 46.1 Å². The SMILES string of the molecule is CCCCCOc1ccc([C@H](C)O)cc1C. The van der Waals surface area contributed by atoms with Crippen molar-refractivity contribution in [1.29, 1.82) is 0 Å². The molecule has 0 saturated heterocycles. The zero-order valence-electron chi connectivity index (χ0n) is 10.5. The lowest BCUT2D eigenvalue weighted by Crippen LogP contribution is -2.00. The third-order valence-corrected chi connectivity index (χ3v) is 2.69. The molecule has 0 bridgehead atoms. The Hall–Kier alpha value is -1.02. The fraction of sp³-hybridized carbons (Fsp3) is 0.571. The lowest BCUT2D eigenvalue weighted by molar-refractivity contribution is 0.199. The predicted octanol–water partition coefficient (Wildman–Crippen LogP) is 3.62. The molecule has 0 spiro atoms. The van der Waals surface area contributed by atoms with Crippen LogP contribution in [0.2, 0.25) is 0 Å². The Morgan fingerprint density at radius 3 is 2.62 bits per heavy atom. The van der Waals surface area contributed by atoms with Crippen LogP contribution in [0.15, 0.2) is 18.2 Å². The molecule has 2 nitrogen and oxygen atoms in total. The van der Waals surface area contributed by atoms with Crippen LogP contribution >= 0.6 is 0 Å². The average Bonchev–Trinajstić information content (AvgIpc) is 2.26. The number of unbranched alkanes of at least 4 members (excludes halogenated alkanes) is 2.